The first-order chi connectivity index (χ1) is 12.8. The second-order valence-corrected chi connectivity index (χ2v) is 8.80. The molecule has 140 valence electrons. The molecule has 1 aromatic heterocycles. The number of rotatable bonds is 6. The average Bonchev–Trinajstić information content (AvgIpc) is 3.09. The van der Waals surface area contributed by atoms with Crippen molar-refractivity contribution in [2.75, 3.05) is 5.32 Å². The fourth-order valence-electron chi connectivity index (χ4n) is 2.45. The second kappa shape index (κ2) is 7.95. The molecule has 0 spiro atoms. The van der Waals surface area contributed by atoms with Crippen molar-refractivity contribution in [3.8, 4) is 0 Å². The third-order valence-corrected chi connectivity index (χ3v) is 5.91. The highest BCUT2D eigenvalue weighted by atomic mass is 32.2. The van der Waals surface area contributed by atoms with Crippen molar-refractivity contribution in [3.63, 3.8) is 0 Å². The maximum atomic E-state index is 12.5. The van der Waals surface area contributed by atoms with Crippen LogP contribution in [-0.4, -0.2) is 24.5 Å². The number of para-hydroxylation sites is 1. The van der Waals surface area contributed by atoms with E-state index in [1.165, 1.54) is 0 Å². The van der Waals surface area contributed by atoms with Gasteiger partial charge in [0.25, 0.3) is 5.91 Å². The predicted molar refractivity (Wildman–Crippen MR) is 104 cm³/mol. The van der Waals surface area contributed by atoms with E-state index in [1.54, 1.807) is 24.3 Å². The molecule has 3 rings (SSSR count). The minimum atomic E-state index is -3.67. The summed E-state index contributed by atoms with van der Waals surface area (Å²) in [5.74, 6) is -0.387. The molecule has 0 saturated carbocycles. The summed E-state index contributed by atoms with van der Waals surface area (Å²) in [4.78, 5) is 12.4. The Hall–Kier alpha value is -2.62. The van der Waals surface area contributed by atoms with Crippen molar-refractivity contribution in [2.24, 2.45) is 0 Å². The fourth-order valence-corrected chi connectivity index (χ4v) is 4.39. The molecule has 0 fully saturated rings. The van der Waals surface area contributed by atoms with Crippen molar-refractivity contribution >= 4 is 33.0 Å². The highest BCUT2D eigenvalue weighted by Gasteiger charge is 2.17. The minimum absolute atomic E-state index is 0.0361. The summed E-state index contributed by atoms with van der Waals surface area (Å²) < 4.78 is 27.4. The molecule has 2 aromatic carbocycles. The first-order valence-electron chi connectivity index (χ1n) is 8.10. The van der Waals surface area contributed by atoms with E-state index in [4.69, 9.17) is 0 Å². The molecule has 27 heavy (non-hydrogen) atoms. The van der Waals surface area contributed by atoms with Gasteiger partial charge in [-0.05, 0) is 49.2 Å². The monoisotopic (exact) mass is 402 g/mol. The molecule has 0 atom stereocenters. The van der Waals surface area contributed by atoms with Gasteiger partial charge in [0.2, 0.25) is 15.0 Å². The first-order valence-corrected chi connectivity index (χ1v) is 10.4. The van der Waals surface area contributed by atoms with Crippen LogP contribution in [0.5, 0.6) is 0 Å². The largest absolute Gasteiger partial charge is 0.320 e. The Balaban J connectivity index is 1.66. The number of aromatic nitrogens is 2. The molecule has 0 unspecified atom stereocenters. The molecule has 0 radical (unpaired) electrons. The summed E-state index contributed by atoms with van der Waals surface area (Å²) in [5.41, 5.74) is 2.38. The van der Waals surface area contributed by atoms with Crippen LogP contribution in [0, 0.1) is 13.8 Å². The number of amides is 1. The maximum absolute atomic E-state index is 12.5. The summed E-state index contributed by atoms with van der Waals surface area (Å²) in [5, 5.41) is 11.0. The van der Waals surface area contributed by atoms with Gasteiger partial charge in [0.05, 0.1) is 11.4 Å². The molecule has 0 aliphatic heterocycles. The van der Waals surface area contributed by atoms with Crippen LogP contribution in [-0.2, 0) is 16.6 Å². The van der Waals surface area contributed by atoms with Gasteiger partial charge in [0, 0.05) is 5.69 Å². The van der Waals surface area contributed by atoms with Gasteiger partial charge in [-0.25, -0.2) is 13.1 Å². The minimum Gasteiger partial charge on any atom is -0.320 e. The molecule has 2 N–H and O–H groups in total. The molecule has 3 aromatic rings. The summed E-state index contributed by atoms with van der Waals surface area (Å²) >= 11 is 1.04. The number of anilines is 1. The van der Waals surface area contributed by atoms with Crippen LogP contribution in [0.15, 0.2) is 53.4 Å². The molecule has 0 bridgehead atoms. The maximum Gasteiger partial charge on any atom is 0.286 e. The van der Waals surface area contributed by atoms with Crippen LogP contribution in [0.25, 0.3) is 0 Å². The highest BCUT2D eigenvalue weighted by molar-refractivity contribution is 7.89. The Morgan fingerprint density at radius 3 is 2.37 bits per heavy atom. The first kappa shape index (κ1) is 19.2. The molecule has 9 heteroatoms. The Morgan fingerprint density at radius 1 is 1.04 bits per heavy atom. The third-order valence-electron chi connectivity index (χ3n) is 3.61. The number of nitrogens with one attached hydrogen (secondary N) is 2. The quantitative estimate of drug-likeness (QED) is 0.660. The van der Waals surface area contributed by atoms with E-state index < -0.39 is 10.0 Å². The number of carbonyl (C=O) groups excluding carboxylic acids is 1. The second-order valence-electron chi connectivity index (χ2n) is 5.97. The number of hydrogen-bond acceptors (Lipinski definition) is 6. The Kier molecular flexibility index (Phi) is 5.64. The highest BCUT2D eigenvalue weighted by Crippen LogP contribution is 2.16. The van der Waals surface area contributed by atoms with E-state index in [0.717, 1.165) is 22.5 Å². The molecular formula is C18H18N4O3S2. The molecule has 0 aliphatic carbocycles. The summed E-state index contributed by atoms with van der Waals surface area (Å²) in [7, 11) is -3.67. The zero-order valence-electron chi connectivity index (χ0n) is 14.8. The lowest BCUT2D eigenvalue weighted by molar-refractivity contribution is 0.102. The SMILES string of the molecule is Cc1cc(C)cc(S(=O)(=O)NCc2nnc(C(=O)Nc3ccccc3)s2)c1. The third kappa shape index (κ3) is 4.97. The van der Waals surface area contributed by atoms with Crippen molar-refractivity contribution in [1.82, 2.24) is 14.9 Å². The zero-order valence-corrected chi connectivity index (χ0v) is 16.4. The van der Waals surface area contributed by atoms with Crippen molar-refractivity contribution in [1.29, 1.82) is 0 Å². The lowest BCUT2D eigenvalue weighted by Gasteiger charge is -2.07. The number of aryl methyl sites for hydroxylation is 2. The number of nitrogens with zero attached hydrogens (tertiary/aromatic N) is 2. The predicted octanol–water partition coefficient (Wildman–Crippen LogP) is 2.89. The number of carbonyl (C=O) groups is 1. The van der Waals surface area contributed by atoms with E-state index >= 15 is 0 Å². The lowest BCUT2D eigenvalue weighted by atomic mass is 10.2. The number of benzene rings is 2. The molecule has 1 amide bonds. The number of hydrogen-bond donors (Lipinski definition) is 2. The Bertz CT molecular complexity index is 1040. The van der Waals surface area contributed by atoms with E-state index in [2.05, 4.69) is 20.2 Å². The van der Waals surface area contributed by atoms with Crippen LogP contribution >= 0.6 is 11.3 Å². The molecule has 0 saturated heterocycles. The molecule has 0 aliphatic rings. The van der Waals surface area contributed by atoms with Gasteiger partial charge in [-0.1, -0.05) is 35.6 Å². The van der Waals surface area contributed by atoms with E-state index in [-0.39, 0.29) is 22.4 Å². The molecular weight excluding hydrogens is 384 g/mol. The normalized spacial score (nSPS) is 11.3. The van der Waals surface area contributed by atoms with Crippen molar-refractivity contribution in [3.05, 3.63) is 69.7 Å². The number of sulfonamides is 1. The Morgan fingerprint density at radius 2 is 1.70 bits per heavy atom. The van der Waals surface area contributed by atoms with Crippen LogP contribution < -0.4 is 10.0 Å². The van der Waals surface area contributed by atoms with Gasteiger partial charge >= 0.3 is 0 Å². The van der Waals surface area contributed by atoms with Gasteiger partial charge in [-0.2, -0.15) is 0 Å². The van der Waals surface area contributed by atoms with E-state index in [0.29, 0.717) is 10.7 Å². The van der Waals surface area contributed by atoms with Crippen molar-refractivity contribution < 1.29 is 13.2 Å². The summed E-state index contributed by atoms with van der Waals surface area (Å²) in [6, 6.07) is 14.1. The molecule has 7 nitrogen and oxygen atoms in total. The molecule has 1 heterocycles. The van der Waals surface area contributed by atoms with Crippen molar-refractivity contribution in [2.45, 2.75) is 25.3 Å². The smallest absolute Gasteiger partial charge is 0.286 e. The fraction of sp³-hybridized carbons (Fsp3) is 0.167. The zero-order chi connectivity index (χ0) is 19.4. The van der Waals surface area contributed by atoms with Gasteiger partial charge < -0.3 is 5.32 Å². The average molecular weight is 403 g/mol. The van der Waals surface area contributed by atoms with Crippen LogP contribution in [0.4, 0.5) is 5.69 Å². The summed E-state index contributed by atoms with van der Waals surface area (Å²) in [6.07, 6.45) is 0. The Labute approximate surface area is 161 Å². The topological polar surface area (TPSA) is 101 Å². The van der Waals surface area contributed by atoms with Crippen LogP contribution in [0.1, 0.15) is 25.9 Å². The van der Waals surface area contributed by atoms with Gasteiger partial charge in [-0.15, -0.1) is 10.2 Å². The van der Waals surface area contributed by atoms with Gasteiger partial charge in [0.1, 0.15) is 5.01 Å². The lowest BCUT2D eigenvalue weighted by Crippen LogP contribution is -2.23. The van der Waals surface area contributed by atoms with Crippen LogP contribution in [0.3, 0.4) is 0 Å². The van der Waals surface area contributed by atoms with Gasteiger partial charge in [0.15, 0.2) is 0 Å². The van der Waals surface area contributed by atoms with Crippen LogP contribution in [0.2, 0.25) is 0 Å². The van der Waals surface area contributed by atoms with E-state index in [1.807, 2.05) is 38.1 Å². The standard InChI is InChI=1S/C18H18N4O3S2/c1-12-8-13(2)10-15(9-12)27(24,25)19-11-16-21-22-18(26-16)17(23)20-14-6-4-3-5-7-14/h3-10,19H,11H2,1-2H3,(H,20,23). The summed E-state index contributed by atoms with van der Waals surface area (Å²) in [6.45, 7) is 3.65. The van der Waals surface area contributed by atoms with E-state index in [9.17, 15) is 13.2 Å². The van der Waals surface area contributed by atoms with Gasteiger partial charge in [-0.3, -0.25) is 4.79 Å².